The summed E-state index contributed by atoms with van der Waals surface area (Å²) < 4.78 is 28.6. The van der Waals surface area contributed by atoms with E-state index in [4.69, 9.17) is 23.7 Å². The first-order chi connectivity index (χ1) is 27.8. The van der Waals surface area contributed by atoms with Gasteiger partial charge in [0.15, 0.2) is 6.29 Å². The lowest BCUT2D eigenvalue weighted by molar-refractivity contribution is -0.328. The molecule has 0 spiro atoms. The van der Waals surface area contributed by atoms with Crippen LogP contribution in [-0.2, 0) is 38.1 Å². The predicted octanol–water partition coefficient (Wildman–Crippen LogP) is 1.04. The van der Waals surface area contributed by atoms with E-state index in [1.165, 1.54) is 6.92 Å². The number of carbonyl (C=O) groups excluding carboxylic acids is 3. The highest BCUT2D eigenvalue weighted by Crippen LogP contribution is 2.75. The summed E-state index contributed by atoms with van der Waals surface area (Å²) in [6, 6.07) is 0. The van der Waals surface area contributed by atoms with Crippen LogP contribution < -0.4 is 0 Å². The lowest BCUT2D eigenvalue weighted by Crippen LogP contribution is -2.68. The summed E-state index contributed by atoms with van der Waals surface area (Å²) in [5.74, 6) is -1.89. The number of aliphatic hydroxyl groups excluding tert-OH is 8. The molecule has 7 aliphatic rings. The van der Waals surface area contributed by atoms with Crippen molar-refractivity contribution in [1.82, 2.24) is 0 Å². The van der Waals surface area contributed by atoms with Crippen molar-refractivity contribution in [3.05, 3.63) is 11.6 Å². The molecular weight excluding hydrogens is 784 g/mol. The van der Waals surface area contributed by atoms with Gasteiger partial charge < -0.3 is 64.5 Å². The molecule has 2 aliphatic heterocycles. The summed E-state index contributed by atoms with van der Waals surface area (Å²) in [6.45, 7) is 14.8. The fraction of sp³-hybridized carbons (Fsp3) is 0.886. The van der Waals surface area contributed by atoms with Crippen LogP contribution in [-0.4, -0.2) is 145 Å². The Labute approximate surface area is 351 Å². The maximum atomic E-state index is 14.9. The summed E-state index contributed by atoms with van der Waals surface area (Å²) in [5, 5.41) is 84.7. The van der Waals surface area contributed by atoms with Crippen molar-refractivity contribution in [2.24, 2.45) is 50.2 Å². The molecule has 2 heterocycles. The Bertz CT molecular complexity index is 1710. The van der Waals surface area contributed by atoms with Gasteiger partial charge in [0, 0.05) is 12.3 Å². The molecule has 19 atom stereocenters. The van der Waals surface area contributed by atoms with Crippen molar-refractivity contribution in [3.63, 3.8) is 0 Å². The third kappa shape index (κ3) is 6.76. The number of ether oxygens (including phenoxy) is 5. The Kier molecular flexibility index (Phi) is 11.9. The Balaban J connectivity index is 1.17. The van der Waals surface area contributed by atoms with Crippen molar-refractivity contribution in [1.29, 1.82) is 0 Å². The topological polar surface area (TPSA) is 259 Å². The average molecular weight is 853 g/mol. The second-order valence-electron chi connectivity index (χ2n) is 21.2. The highest BCUT2D eigenvalue weighted by atomic mass is 16.7. The number of carbonyl (C=O) groups is 3. The number of hydrogen-bond acceptors (Lipinski definition) is 16. The van der Waals surface area contributed by atoms with Gasteiger partial charge in [-0.05, 0) is 84.9 Å². The number of esters is 2. The van der Waals surface area contributed by atoms with Crippen molar-refractivity contribution in [2.45, 2.75) is 180 Å². The Hall–Kier alpha value is -2.09. The molecular formula is C44H68O16. The Morgan fingerprint density at radius 1 is 0.750 bits per heavy atom. The van der Waals surface area contributed by atoms with Crippen LogP contribution in [0.4, 0.5) is 0 Å². The smallest absolute Gasteiger partial charge is 0.315 e. The van der Waals surface area contributed by atoms with Crippen molar-refractivity contribution < 1.29 is 78.9 Å². The monoisotopic (exact) mass is 852 g/mol. The van der Waals surface area contributed by atoms with E-state index in [2.05, 4.69) is 40.7 Å². The molecule has 2 saturated heterocycles. The first kappa shape index (κ1) is 45.9. The lowest BCUT2D eigenvalue weighted by atomic mass is 9.33. The molecule has 0 aromatic heterocycles. The van der Waals surface area contributed by atoms with Crippen LogP contribution in [0.25, 0.3) is 0 Å². The molecule has 4 saturated carbocycles. The quantitative estimate of drug-likeness (QED) is 0.131. The van der Waals surface area contributed by atoms with E-state index >= 15 is 0 Å². The molecule has 6 fully saturated rings. The van der Waals surface area contributed by atoms with E-state index in [0.717, 1.165) is 18.4 Å². The third-order valence-corrected chi connectivity index (χ3v) is 17.4. The molecule has 0 radical (unpaired) electrons. The van der Waals surface area contributed by atoms with E-state index in [9.17, 15) is 55.2 Å². The first-order valence-electron chi connectivity index (χ1n) is 21.8. The second-order valence-corrected chi connectivity index (χ2v) is 21.2. The van der Waals surface area contributed by atoms with Gasteiger partial charge in [-0.3, -0.25) is 14.4 Å². The molecule has 5 aliphatic carbocycles. The van der Waals surface area contributed by atoms with Gasteiger partial charge in [-0.15, -0.1) is 0 Å². The highest BCUT2D eigenvalue weighted by Gasteiger charge is 2.72. The minimum absolute atomic E-state index is 0.0759. The van der Waals surface area contributed by atoms with Crippen LogP contribution in [0.3, 0.4) is 0 Å². The van der Waals surface area contributed by atoms with E-state index in [-0.39, 0.29) is 28.4 Å². The average Bonchev–Trinajstić information content (AvgIpc) is 3.17. The molecule has 7 rings (SSSR count). The van der Waals surface area contributed by atoms with Crippen LogP contribution >= 0.6 is 0 Å². The van der Waals surface area contributed by atoms with E-state index in [0.29, 0.717) is 38.5 Å². The van der Waals surface area contributed by atoms with E-state index < -0.39 is 126 Å². The minimum Gasteiger partial charge on any atom is -0.460 e. The zero-order valence-electron chi connectivity index (χ0n) is 36.2. The van der Waals surface area contributed by atoms with Gasteiger partial charge in [-0.25, -0.2) is 0 Å². The van der Waals surface area contributed by atoms with Gasteiger partial charge in [-0.2, -0.15) is 0 Å². The lowest BCUT2D eigenvalue weighted by Gasteiger charge is -2.71. The summed E-state index contributed by atoms with van der Waals surface area (Å²) >= 11 is 0. The predicted molar refractivity (Wildman–Crippen MR) is 209 cm³/mol. The summed E-state index contributed by atoms with van der Waals surface area (Å²) in [6.07, 6.45) is -11.7. The van der Waals surface area contributed by atoms with Crippen LogP contribution in [0, 0.1) is 50.2 Å². The number of rotatable bonds is 7. The van der Waals surface area contributed by atoms with Gasteiger partial charge in [0.2, 0.25) is 6.29 Å². The molecule has 0 aromatic carbocycles. The van der Waals surface area contributed by atoms with Crippen LogP contribution in [0.5, 0.6) is 0 Å². The number of aliphatic hydroxyl groups is 8. The number of ketones is 1. The zero-order chi connectivity index (χ0) is 44.3. The maximum Gasteiger partial charge on any atom is 0.315 e. The number of fused-ring (bicyclic) bond motifs is 7. The van der Waals surface area contributed by atoms with Crippen LogP contribution in [0.2, 0.25) is 0 Å². The van der Waals surface area contributed by atoms with Crippen LogP contribution in [0.15, 0.2) is 11.6 Å². The molecule has 0 amide bonds. The zero-order valence-corrected chi connectivity index (χ0v) is 36.2. The third-order valence-electron chi connectivity index (χ3n) is 17.4. The van der Waals surface area contributed by atoms with E-state index in [1.54, 1.807) is 0 Å². The molecule has 16 nitrogen and oxygen atoms in total. The summed E-state index contributed by atoms with van der Waals surface area (Å²) in [5.41, 5.74) is -2.90. The highest BCUT2D eigenvalue weighted by molar-refractivity contribution is 5.96. The fourth-order valence-corrected chi connectivity index (χ4v) is 13.5. The summed E-state index contributed by atoms with van der Waals surface area (Å²) in [4.78, 5) is 42.0. The molecule has 8 N–H and O–H groups in total. The molecule has 19 unspecified atom stereocenters. The standard InChI is InChI=1S/C44H68O16/c1-20(46)57-22-17-41(6)25(40(4,5)34(22)53)11-12-43(8)26(41)10-9-21-27-35(54)39(2,3)13-15-44(27,16-14-42(21,43)7)38(55)60-37-33(52)31(50)29(48)24(59-37)19-56-36-32(51)30(49)28(47)23(18-45)58-36/h9,22-34,36-37,45,47-53H,10-19H2,1-8H3. The van der Waals surface area contributed by atoms with Gasteiger partial charge in [0.25, 0.3) is 0 Å². The van der Waals surface area contributed by atoms with Gasteiger partial charge >= 0.3 is 11.9 Å². The normalized spacial score (nSPS) is 50.8. The molecule has 16 heteroatoms. The van der Waals surface area contributed by atoms with Gasteiger partial charge in [-0.1, -0.05) is 60.1 Å². The Morgan fingerprint density at radius 3 is 1.98 bits per heavy atom. The summed E-state index contributed by atoms with van der Waals surface area (Å²) in [7, 11) is 0. The number of Topliss-reactive ketones (excluding diaryl/α,β-unsaturated/α-hetero) is 1. The fourth-order valence-electron chi connectivity index (χ4n) is 13.5. The molecule has 60 heavy (non-hydrogen) atoms. The minimum atomic E-state index is -1.88. The van der Waals surface area contributed by atoms with Gasteiger partial charge in [0.05, 0.1) is 30.7 Å². The van der Waals surface area contributed by atoms with Gasteiger partial charge in [0.1, 0.15) is 60.7 Å². The largest absolute Gasteiger partial charge is 0.460 e. The number of hydrogen-bond donors (Lipinski definition) is 8. The van der Waals surface area contributed by atoms with Crippen molar-refractivity contribution in [2.75, 3.05) is 13.2 Å². The SMILES string of the molecule is CC(=O)OC1CC2(C)C(CCC3(C)C2CC=C2C4C(=O)C(C)(C)CCC4(C(=O)OC4OC(COC5OC(CO)C(O)C(O)C5O)C(O)C(O)C4O)CCC23C)C(C)(C)C1O. The Morgan fingerprint density at radius 2 is 1.35 bits per heavy atom. The second kappa shape index (κ2) is 15.6. The van der Waals surface area contributed by atoms with Crippen LogP contribution in [0.1, 0.15) is 107 Å². The maximum absolute atomic E-state index is 14.9. The van der Waals surface area contributed by atoms with E-state index in [1.807, 2.05) is 13.8 Å². The molecule has 0 aromatic rings. The molecule has 0 bridgehead atoms. The first-order valence-corrected chi connectivity index (χ1v) is 21.8. The van der Waals surface area contributed by atoms with Crippen molar-refractivity contribution in [3.8, 4) is 0 Å². The van der Waals surface area contributed by atoms with Crippen molar-refractivity contribution >= 4 is 17.7 Å². The number of allylic oxidation sites excluding steroid dienone is 2. The molecule has 340 valence electrons.